The molecule has 2 bridgehead atoms. The summed E-state index contributed by atoms with van der Waals surface area (Å²) in [6.45, 7) is 7.05. The SMILES string of the molecule is CC(C)(C)OC(=O)CNCC1CC2CCC1C2. The van der Waals surface area contributed by atoms with Gasteiger partial charge in [0.05, 0.1) is 6.54 Å². The highest BCUT2D eigenvalue weighted by molar-refractivity contribution is 5.72. The summed E-state index contributed by atoms with van der Waals surface area (Å²) in [5, 5.41) is 3.26. The Morgan fingerprint density at radius 1 is 1.29 bits per heavy atom. The molecule has 3 unspecified atom stereocenters. The molecule has 17 heavy (non-hydrogen) atoms. The molecule has 2 fully saturated rings. The predicted molar refractivity (Wildman–Crippen MR) is 67.7 cm³/mol. The molecule has 2 aliphatic rings. The predicted octanol–water partition coefficient (Wildman–Crippen LogP) is 2.35. The normalized spacial score (nSPS) is 31.8. The Morgan fingerprint density at radius 2 is 2.06 bits per heavy atom. The Hall–Kier alpha value is -0.570. The molecule has 0 spiro atoms. The number of esters is 1. The van der Waals surface area contributed by atoms with Gasteiger partial charge in [0.2, 0.25) is 0 Å². The Labute approximate surface area is 104 Å². The van der Waals surface area contributed by atoms with E-state index in [0.717, 1.165) is 24.3 Å². The molecular formula is C14H25NO2. The summed E-state index contributed by atoms with van der Waals surface area (Å²) in [5.74, 6) is 2.57. The van der Waals surface area contributed by atoms with Crippen LogP contribution in [0.1, 0.15) is 46.5 Å². The molecule has 0 aromatic carbocycles. The van der Waals surface area contributed by atoms with Gasteiger partial charge in [-0.1, -0.05) is 6.42 Å². The van der Waals surface area contributed by atoms with E-state index in [1.165, 1.54) is 25.7 Å². The molecule has 2 rings (SSSR count). The first kappa shape index (κ1) is 12.9. The van der Waals surface area contributed by atoms with Crippen LogP contribution in [0.4, 0.5) is 0 Å². The molecule has 0 radical (unpaired) electrons. The van der Waals surface area contributed by atoms with Crippen molar-refractivity contribution in [3.05, 3.63) is 0 Å². The summed E-state index contributed by atoms with van der Waals surface area (Å²) in [7, 11) is 0. The number of nitrogens with one attached hydrogen (secondary N) is 1. The molecule has 0 saturated heterocycles. The summed E-state index contributed by atoms with van der Waals surface area (Å²) >= 11 is 0. The van der Waals surface area contributed by atoms with Crippen LogP contribution in [0.25, 0.3) is 0 Å². The van der Waals surface area contributed by atoms with Crippen LogP contribution in [-0.2, 0) is 9.53 Å². The van der Waals surface area contributed by atoms with E-state index in [9.17, 15) is 4.79 Å². The third-order valence-corrected chi connectivity index (χ3v) is 3.98. The quantitative estimate of drug-likeness (QED) is 0.765. The van der Waals surface area contributed by atoms with E-state index in [2.05, 4.69) is 5.32 Å². The Kier molecular flexibility index (Phi) is 3.76. The van der Waals surface area contributed by atoms with Crippen molar-refractivity contribution in [2.75, 3.05) is 13.1 Å². The first-order valence-corrected chi connectivity index (χ1v) is 6.86. The van der Waals surface area contributed by atoms with Crippen molar-refractivity contribution < 1.29 is 9.53 Å². The van der Waals surface area contributed by atoms with Crippen LogP contribution in [0.15, 0.2) is 0 Å². The number of carbonyl (C=O) groups is 1. The fraction of sp³-hybridized carbons (Fsp3) is 0.929. The van der Waals surface area contributed by atoms with Gasteiger partial charge in [-0.25, -0.2) is 0 Å². The van der Waals surface area contributed by atoms with Gasteiger partial charge in [-0.2, -0.15) is 0 Å². The van der Waals surface area contributed by atoms with Crippen molar-refractivity contribution in [3.8, 4) is 0 Å². The maximum absolute atomic E-state index is 11.5. The van der Waals surface area contributed by atoms with Gasteiger partial charge in [-0.05, 0) is 64.3 Å². The highest BCUT2D eigenvalue weighted by Gasteiger charge is 2.38. The molecule has 1 N–H and O–H groups in total. The van der Waals surface area contributed by atoms with Gasteiger partial charge >= 0.3 is 5.97 Å². The molecule has 3 atom stereocenters. The second-order valence-electron chi connectivity index (χ2n) is 6.65. The number of fused-ring (bicyclic) bond motifs is 2. The lowest BCUT2D eigenvalue weighted by Crippen LogP contribution is -2.34. The van der Waals surface area contributed by atoms with E-state index < -0.39 is 0 Å². The second kappa shape index (κ2) is 4.97. The summed E-state index contributed by atoms with van der Waals surface area (Å²) in [4.78, 5) is 11.5. The van der Waals surface area contributed by atoms with Crippen LogP contribution in [-0.4, -0.2) is 24.7 Å². The van der Waals surface area contributed by atoms with Gasteiger partial charge in [-0.3, -0.25) is 4.79 Å². The zero-order valence-electron chi connectivity index (χ0n) is 11.3. The van der Waals surface area contributed by atoms with Crippen LogP contribution in [0.3, 0.4) is 0 Å². The van der Waals surface area contributed by atoms with E-state index in [0.29, 0.717) is 6.54 Å². The van der Waals surface area contributed by atoms with Crippen molar-refractivity contribution in [2.24, 2.45) is 17.8 Å². The summed E-state index contributed by atoms with van der Waals surface area (Å²) in [5.41, 5.74) is -0.370. The fourth-order valence-corrected chi connectivity index (χ4v) is 3.36. The first-order valence-electron chi connectivity index (χ1n) is 6.86. The second-order valence-corrected chi connectivity index (χ2v) is 6.65. The van der Waals surface area contributed by atoms with Crippen molar-refractivity contribution in [1.29, 1.82) is 0 Å². The fourth-order valence-electron chi connectivity index (χ4n) is 3.36. The Bertz CT molecular complexity index is 282. The van der Waals surface area contributed by atoms with E-state index in [1.807, 2.05) is 20.8 Å². The number of ether oxygens (including phenoxy) is 1. The number of carbonyl (C=O) groups excluding carboxylic acids is 1. The van der Waals surface area contributed by atoms with E-state index in [4.69, 9.17) is 4.74 Å². The first-order chi connectivity index (χ1) is 7.94. The van der Waals surface area contributed by atoms with E-state index >= 15 is 0 Å². The third-order valence-electron chi connectivity index (χ3n) is 3.98. The zero-order valence-corrected chi connectivity index (χ0v) is 11.3. The van der Waals surface area contributed by atoms with E-state index in [1.54, 1.807) is 0 Å². The zero-order chi connectivity index (χ0) is 12.5. The molecule has 2 saturated carbocycles. The maximum Gasteiger partial charge on any atom is 0.320 e. The molecule has 98 valence electrons. The lowest BCUT2D eigenvalue weighted by Gasteiger charge is -2.23. The minimum Gasteiger partial charge on any atom is -0.459 e. The minimum absolute atomic E-state index is 0.138. The van der Waals surface area contributed by atoms with Gasteiger partial charge in [0.1, 0.15) is 5.60 Å². The van der Waals surface area contributed by atoms with Gasteiger partial charge < -0.3 is 10.1 Å². The van der Waals surface area contributed by atoms with Crippen LogP contribution in [0, 0.1) is 17.8 Å². The summed E-state index contributed by atoms with van der Waals surface area (Å²) in [6.07, 6.45) is 5.64. The molecular weight excluding hydrogens is 214 g/mol. The summed E-state index contributed by atoms with van der Waals surface area (Å²) < 4.78 is 5.26. The Balaban J connectivity index is 1.62. The van der Waals surface area contributed by atoms with Crippen LogP contribution in [0.2, 0.25) is 0 Å². The van der Waals surface area contributed by atoms with E-state index in [-0.39, 0.29) is 11.6 Å². The van der Waals surface area contributed by atoms with Crippen LogP contribution >= 0.6 is 0 Å². The van der Waals surface area contributed by atoms with Crippen molar-refractivity contribution >= 4 is 5.97 Å². The van der Waals surface area contributed by atoms with Crippen molar-refractivity contribution in [3.63, 3.8) is 0 Å². The maximum atomic E-state index is 11.5. The number of rotatable bonds is 4. The average molecular weight is 239 g/mol. The topological polar surface area (TPSA) is 38.3 Å². The Morgan fingerprint density at radius 3 is 2.59 bits per heavy atom. The highest BCUT2D eigenvalue weighted by Crippen LogP contribution is 2.47. The molecule has 2 aliphatic carbocycles. The molecule has 3 nitrogen and oxygen atoms in total. The van der Waals surface area contributed by atoms with Gasteiger partial charge in [-0.15, -0.1) is 0 Å². The average Bonchev–Trinajstić information content (AvgIpc) is 2.75. The minimum atomic E-state index is -0.370. The lowest BCUT2D eigenvalue weighted by molar-refractivity contribution is -0.153. The van der Waals surface area contributed by atoms with Gasteiger partial charge in [0, 0.05) is 0 Å². The summed E-state index contributed by atoms with van der Waals surface area (Å²) in [6, 6.07) is 0. The molecule has 0 amide bonds. The van der Waals surface area contributed by atoms with Crippen LogP contribution in [0.5, 0.6) is 0 Å². The van der Waals surface area contributed by atoms with Crippen molar-refractivity contribution in [2.45, 2.75) is 52.1 Å². The molecule has 0 aromatic rings. The van der Waals surface area contributed by atoms with Gasteiger partial charge in [0.15, 0.2) is 0 Å². The highest BCUT2D eigenvalue weighted by atomic mass is 16.6. The molecule has 3 heteroatoms. The number of hydrogen-bond donors (Lipinski definition) is 1. The molecule has 0 heterocycles. The molecule has 0 aliphatic heterocycles. The largest absolute Gasteiger partial charge is 0.459 e. The molecule has 0 aromatic heterocycles. The smallest absolute Gasteiger partial charge is 0.320 e. The number of hydrogen-bond acceptors (Lipinski definition) is 3. The third kappa shape index (κ3) is 3.70. The standard InChI is InChI=1S/C14H25NO2/c1-14(2,3)17-13(16)9-15-8-12-7-10-4-5-11(12)6-10/h10-12,15H,4-9H2,1-3H3. The monoisotopic (exact) mass is 239 g/mol. The van der Waals surface area contributed by atoms with Gasteiger partial charge in [0.25, 0.3) is 0 Å². The lowest BCUT2D eigenvalue weighted by atomic mass is 9.89. The van der Waals surface area contributed by atoms with Crippen LogP contribution < -0.4 is 5.32 Å². The van der Waals surface area contributed by atoms with Crippen molar-refractivity contribution in [1.82, 2.24) is 5.32 Å².